The van der Waals surface area contributed by atoms with Gasteiger partial charge in [0.1, 0.15) is 5.75 Å². The third-order valence-corrected chi connectivity index (χ3v) is 6.91. The summed E-state index contributed by atoms with van der Waals surface area (Å²) in [6.07, 6.45) is 3.37. The van der Waals surface area contributed by atoms with Crippen LogP contribution < -0.4 is 15.0 Å². The standard InChI is InChI=1S/C28H35N3O4/c1-4-5-11-24(32)22(16-18-12-13-18)27(33)30-26-28(34)31(2)23-15-14-20(35-3)17-21(23)25(29-26)19-9-7-6-8-10-19/h6-10,14-15,17-18,22,24,26,32H,4-5,11-13,16H2,1-3H3,(H,30,33). The summed E-state index contributed by atoms with van der Waals surface area (Å²) in [4.78, 5) is 33.2. The van der Waals surface area contributed by atoms with Crippen molar-refractivity contribution in [1.29, 1.82) is 0 Å². The van der Waals surface area contributed by atoms with E-state index >= 15 is 0 Å². The van der Waals surface area contributed by atoms with Crippen molar-refractivity contribution in [3.05, 3.63) is 59.7 Å². The molecule has 4 rings (SSSR count). The number of likely N-dealkylation sites (N-methyl/N-ethyl adjacent to an activating group) is 1. The number of anilines is 1. The summed E-state index contributed by atoms with van der Waals surface area (Å²) >= 11 is 0. The molecule has 1 aliphatic carbocycles. The maximum Gasteiger partial charge on any atom is 0.272 e. The van der Waals surface area contributed by atoms with Crippen molar-refractivity contribution < 1.29 is 19.4 Å². The van der Waals surface area contributed by atoms with Gasteiger partial charge >= 0.3 is 0 Å². The van der Waals surface area contributed by atoms with Crippen LogP contribution in [0.3, 0.4) is 0 Å². The normalized spacial score (nSPS) is 19.3. The molecule has 1 fully saturated rings. The van der Waals surface area contributed by atoms with Crippen LogP contribution in [0.1, 0.15) is 56.6 Å². The second-order valence-corrected chi connectivity index (χ2v) is 9.53. The third-order valence-electron chi connectivity index (χ3n) is 6.91. The molecule has 7 heteroatoms. The summed E-state index contributed by atoms with van der Waals surface area (Å²) in [7, 11) is 3.29. The Balaban J connectivity index is 1.69. The molecule has 35 heavy (non-hydrogen) atoms. The predicted molar refractivity (Wildman–Crippen MR) is 137 cm³/mol. The largest absolute Gasteiger partial charge is 0.497 e. The van der Waals surface area contributed by atoms with E-state index in [-0.39, 0.29) is 11.8 Å². The van der Waals surface area contributed by atoms with Gasteiger partial charge in [-0.05, 0) is 37.0 Å². The number of aliphatic imine (C=N–C) groups is 1. The van der Waals surface area contributed by atoms with Crippen molar-refractivity contribution in [3.63, 3.8) is 0 Å². The van der Waals surface area contributed by atoms with E-state index < -0.39 is 18.2 Å². The van der Waals surface area contributed by atoms with Gasteiger partial charge in [0, 0.05) is 18.2 Å². The van der Waals surface area contributed by atoms with Gasteiger partial charge in [-0.3, -0.25) is 9.59 Å². The molecule has 0 radical (unpaired) electrons. The van der Waals surface area contributed by atoms with Crippen molar-refractivity contribution >= 4 is 23.2 Å². The number of aliphatic hydroxyl groups is 1. The van der Waals surface area contributed by atoms with Gasteiger partial charge in [-0.25, -0.2) is 4.99 Å². The topological polar surface area (TPSA) is 91.2 Å². The molecule has 2 amide bonds. The zero-order valence-corrected chi connectivity index (χ0v) is 20.7. The molecule has 186 valence electrons. The molecule has 1 heterocycles. The summed E-state index contributed by atoms with van der Waals surface area (Å²) < 4.78 is 5.44. The highest BCUT2D eigenvalue weighted by Crippen LogP contribution is 2.37. The number of carbonyl (C=O) groups excluding carboxylic acids is 2. The van der Waals surface area contributed by atoms with E-state index in [0.29, 0.717) is 35.9 Å². The van der Waals surface area contributed by atoms with Gasteiger partial charge < -0.3 is 20.1 Å². The van der Waals surface area contributed by atoms with Gasteiger partial charge in [0.25, 0.3) is 5.91 Å². The third kappa shape index (κ3) is 5.73. The molecule has 0 spiro atoms. The van der Waals surface area contributed by atoms with E-state index in [9.17, 15) is 14.7 Å². The minimum atomic E-state index is -1.10. The van der Waals surface area contributed by atoms with Crippen LogP contribution >= 0.6 is 0 Å². The fraction of sp³-hybridized carbons (Fsp3) is 0.464. The highest BCUT2D eigenvalue weighted by atomic mass is 16.5. The minimum Gasteiger partial charge on any atom is -0.497 e. The molecular weight excluding hydrogens is 442 g/mol. The molecule has 2 aliphatic rings. The molecule has 3 atom stereocenters. The summed E-state index contributed by atoms with van der Waals surface area (Å²) in [6, 6.07) is 15.1. The SMILES string of the molecule is CCCCC(O)C(CC1CC1)C(=O)NC1N=C(c2ccccc2)c2cc(OC)ccc2N(C)C1=O. The van der Waals surface area contributed by atoms with Gasteiger partial charge in [-0.15, -0.1) is 0 Å². The Labute approximate surface area is 207 Å². The number of rotatable bonds is 10. The maximum atomic E-state index is 13.5. The fourth-order valence-corrected chi connectivity index (χ4v) is 4.61. The molecule has 2 aromatic carbocycles. The van der Waals surface area contributed by atoms with Crippen LogP contribution in [-0.2, 0) is 9.59 Å². The number of aliphatic hydroxyl groups excluding tert-OH is 1. The Morgan fingerprint density at radius 2 is 1.97 bits per heavy atom. The highest BCUT2D eigenvalue weighted by molar-refractivity contribution is 6.20. The first-order valence-corrected chi connectivity index (χ1v) is 12.5. The lowest BCUT2D eigenvalue weighted by molar-refractivity contribution is -0.133. The molecule has 3 unspecified atom stereocenters. The first-order valence-electron chi connectivity index (χ1n) is 12.5. The van der Waals surface area contributed by atoms with E-state index in [0.717, 1.165) is 36.8 Å². The summed E-state index contributed by atoms with van der Waals surface area (Å²) in [5.41, 5.74) is 2.88. The number of carbonyl (C=O) groups is 2. The Bertz CT molecular complexity index is 1080. The zero-order valence-electron chi connectivity index (χ0n) is 20.7. The van der Waals surface area contributed by atoms with Crippen LogP contribution in [-0.4, -0.2) is 49.1 Å². The molecule has 1 aliphatic heterocycles. The lowest BCUT2D eigenvalue weighted by Crippen LogP contribution is -2.49. The lowest BCUT2D eigenvalue weighted by Gasteiger charge is -2.25. The second-order valence-electron chi connectivity index (χ2n) is 9.53. The lowest BCUT2D eigenvalue weighted by atomic mass is 9.91. The van der Waals surface area contributed by atoms with Crippen LogP contribution in [0.2, 0.25) is 0 Å². The van der Waals surface area contributed by atoms with E-state index in [1.807, 2.05) is 42.5 Å². The fourth-order valence-electron chi connectivity index (χ4n) is 4.61. The Hall–Kier alpha value is -3.19. The van der Waals surface area contributed by atoms with Crippen molar-refractivity contribution in [3.8, 4) is 5.75 Å². The molecule has 2 N–H and O–H groups in total. The number of unbranched alkanes of at least 4 members (excludes halogenated alkanes) is 1. The number of ether oxygens (including phenoxy) is 1. The van der Waals surface area contributed by atoms with Crippen molar-refractivity contribution in [1.82, 2.24) is 5.32 Å². The van der Waals surface area contributed by atoms with Gasteiger partial charge in [0.05, 0.1) is 30.5 Å². The van der Waals surface area contributed by atoms with E-state index in [1.165, 1.54) is 4.90 Å². The zero-order chi connectivity index (χ0) is 24.9. The van der Waals surface area contributed by atoms with Crippen molar-refractivity contribution in [2.24, 2.45) is 16.8 Å². The Morgan fingerprint density at radius 1 is 1.23 bits per heavy atom. The predicted octanol–water partition coefficient (Wildman–Crippen LogP) is 3.92. The number of fused-ring (bicyclic) bond motifs is 1. The Kier molecular flexibility index (Phi) is 7.86. The van der Waals surface area contributed by atoms with Gasteiger partial charge in [0.15, 0.2) is 0 Å². The second kappa shape index (κ2) is 11.0. The van der Waals surface area contributed by atoms with E-state index in [4.69, 9.17) is 9.73 Å². The van der Waals surface area contributed by atoms with Gasteiger partial charge in [0.2, 0.25) is 12.1 Å². The number of nitrogens with one attached hydrogen (secondary N) is 1. The molecule has 0 saturated heterocycles. The quantitative estimate of drug-likeness (QED) is 0.543. The molecule has 0 aromatic heterocycles. The van der Waals surface area contributed by atoms with Crippen LogP contribution in [0.15, 0.2) is 53.5 Å². The average Bonchev–Trinajstić information content (AvgIpc) is 3.72. The van der Waals surface area contributed by atoms with Gasteiger partial charge in [-0.1, -0.05) is 62.9 Å². The number of benzene rings is 2. The van der Waals surface area contributed by atoms with E-state index in [2.05, 4.69) is 12.2 Å². The first kappa shape index (κ1) is 24.9. The molecular formula is C28H35N3O4. The number of methoxy groups -OCH3 is 1. The number of amides is 2. The molecule has 1 saturated carbocycles. The van der Waals surface area contributed by atoms with Crippen LogP contribution in [0.25, 0.3) is 0 Å². The van der Waals surface area contributed by atoms with Crippen LogP contribution in [0.5, 0.6) is 5.75 Å². The summed E-state index contributed by atoms with van der Waals surface area (Å²) in [5.74, 6) is -0.0713. The van der Waals surface area contributed by atoms with Crippen molar-refractivity contribution in [2.45, 2.75) is 57.7 Å². The number of benzodiazepines with no additional fused rings is 1. The monoisotopic (exact) mass is 477 g/mol. The number of hydrogen-bond donors (Lipinski definition) is 2. The van der Waals surface area contributed by atoms with E-state index in [1.54, 1.807) is 20.2 Å². The smallest absolute Gasteiger partial charge is 0.272 e. The molecule has 7 nitrogen and oxygen atoms in total. The maximum absolute atomic E-state index is 13.5. The Morgan fingerprint density at radius 3 is 2.63 bits per heavy atom. The summed E-state index contributed by atoms with van der Waals surface area (Å²) in [5, 5.41) is 13.7. The average molecular weight is 478 g/mol. The van der Waals surface area contributed by atoms with Crippen molar-refractivity contribution in [2.75, 3.05) is 19.1 Å². The van der Waals surface area contributed by atoms with Gasteiger partial charge in [-0.2, -0.15) is 0 Å². The van der Waals surface area contributed by atoms with Crippen LogP contribution in [0.4, 0.5) is 5.69 Å². The number of hydrogen-bond acceptors (Lipinski definition) is 5. The summed E-state index contributed by atoms with van der Waals surface area (Å²) in [6.45, 7) is 2.06. The number of nitrogens with zero attached hydrogens (tertiary/aromatic N) is 2. The molecule has 0 bridgehead atoms. The first-order chi connectivity index (χ1) is 16.9. The highest BCUT2D eigenvalue weighted by Gasteiger charge is 2.37. The van der Waals surface area contributed by atoms with Crippen LogP contribution in [0, 0.1) is 11.8 Å². The molecule has 2 aromatic rings. The minimum absolute atomic E-state index is 0.313.